The van der Waals surface area contributed by atoms with Crippen LogP contribution in [-0.2, 0) is 4.79 Å². The number of ether oxygens (including phenoxy) is 2. The Morgan fingerprint density at radius 2 is 2.31 bits per heavy atom. The van der Waals surface area contributed by atoms with Crippen LogP contribution >= 0.6 is 0 Å². The average molecular weight is 216 g/mol. The molecular weight excluding hydrogens is 204 g/mol. The van der Waals surface area contributed by atoms with Crippen LogP contribution in [0.1, 0.15) is 12.0 Å². The van der Waals surface area contributed by atoms with Gasteiger partial charge >= 0.3 is 0 Å². The Bertz CT molecular complexity index is 488. The number of methoxy groups -OCH3 is 1. The molecule has 0 radical (unpaired) electrons. The van der Waals surface area contributed by atoms with Crippen molar-refractivity contribution in [3.63, 3.8) is 0 Å². The van der Waals surface area contributed by atoms with E-state index in [9.17, 15) is 4.79 Å². The van der Waals surface area contributed by atoms with E-state index in [0.29, 0.717) is 13.0 Å². The van der Waals surface area contributed by atoms with Crippen molar-refractivity contribution >= 4 is 11.4 Å². The second-order valence-electron chi connectivity index (χ2n) is 4.14. The van der Waals surface area contributed by atoms with Crippen LogP contribution in [0.25, 0.3) is 5.57 Å². The number of carbonyl (C=O) groups excluding carboxylic acids is 1. The predicted molar refractivity (Wildman–Crippen MR) is 59.6 cm³/mol. The van der Waals surface area contributed by atoms with Gasteiger partial charge in [-0.2, -0.15) is 0 Å². The van der Waals surface area contributed by atoms with Crippen molar-refractivity contribution in [2.24, 2.45) is 5.92 Å². The van der Waals surface area contributed by atoms with Crippen molar-refractivity contribution in [1.82, 2.24) is 0 Å². The van der Waals surface area contributed by atoms with E-state index in [2.05, 4.69) is 0 Å². The van der Waals surface area contributed by atoms with Crippen molar-refractivity contribution in [3.05, 3.63) is 29.8 Å². The standard InChI is InChI=1S/C13H12O3/c1-15-10-2-3-11-12-5-9(14)4-8(12)7-16-13(11)6-10/h2-3,5-6,8H,4,7H2,1H3. The Morgan fingerprint density at radius 3 is 3.12 bits per heavy atom. The molecule has 1 aromatic carbocycles. The summed E-state index contributed by atoms with van der Waals surface area (Å²) in [6.45, 7) is 0.595. The zero-order valence-electron chi connectivity index (χ0n) is 9.03. The summed E-state index contributed by atoms with van der Waals surface area (Å²) in [6.07, 6.45) is 2.33. The summed E-state index contributed by atoms with van der Waals surface area (Å²) in [5, 5.41) is 0. The Balaban J connectivity index is 2.09. The van der Waals surface area contributed by atoms with E-state index in [1.165, 1.54) is 0 Å². The maximum Gasteiger partial charge on any atom is 0.156 e. The zero-order valence-corrected chi connectivity index (χ0v) is 9.03. The molecule has 1 atom stereocenters. The van der Waals surface area contributed by atoms with Crippen molar-refractivity contribution in [3.8, 4) is 11.5 Å². The maximum absolute atomic E-state index is 11.4. The number of hydrogen-bond donors (Lipinski definition) is 0. The fourth-order valence-electron chi connectivity index (χ4n) is 2.33. The van der Waals surface area contributed by atoms with Crippen molar-refractivity contribution in [2.45, 2.75) is 6.42 Å². The van der Waals surface area contributed by atoms with E-state index in [1.54, 1.807) is 13.2 Å². The summed E-state index contributed by atoms with van der Waals surface area (Å²) in [5.74, 6) is 2.04. The molecule has 3 nitrogen and oxygen atoms in total. The molecule has 1 heterocycles. The molecule has 0 saturated carbocycles. The normalized spacial score (nSPS) is 21.9. The highest BCUT2D eigenvalue weighted by molar-refractivity contribution is 6.03. The molecule has 1 aromatic rings. The first-order valence-electron chi connectivity index (χ1n) is 5.33. The molecule has 82 valence electrons. The summed E-state index contributed by atoms with van der Waals surface area (Å²) < 4.78 is 10.8. The van der Waals surface area contributed by atoms with Crippen molar-refractivity contribution < 1.29 is 14.3 Å². The lowest BCUT2D eigenvalue weighted by molar-refractivity contribution is -0.114. The number of rotatable bonds is 1. The first-order chi connectivity index (χ1) is 7.78. The summed E-state index contributed by atoms with van der Waals surface area (Å²) in [5.41, 5.74) is 2.15. The molecule has 1 aliphatic carbocycles. The maximum atomic E-state index is 11.4. The van der Waals surface area contributed by atoms with Crippen LogP contribution in [0.4, 0.5) is 0 Å². The van der Waals surface area contributed by atoms with Crippen LogP contribution in [0.2, 0.25) is 0 Å². The van der Waals surface area contributed by atoms with Crippen LogP contribution in [-0.4, -0.2) is 19.5 Å². The predicted octanol–water partition coefficient (Wildman–Crippen LogP) is 2.06. The number of hydrogen-bond acceptors (Lipinski definition) is 3. The van der Waals surface area contributed by atoms with Gasteiger partial charge in [-0.05, 0) is 23.8 Å². The van der Waals surface area contributed by atoms with Gasteiger partial charge in [0, 0.05) is 24.0 Å². The van der Waals surface area contributed by atoms with Gasteiger partial charge in [-0.3, -0.25) is 4.79 Å². The number of ketones is 1. The third kappa shape index (κ3) is 1.32. The highest BCUT2D eigenvalue weighted by Gasteiger charge is 2.31. The third-order valence-corrected chi connectivity index (χ3v) is 3.14. The Kier molecular flexibility index (Phi) is 1.99. The molecule has 3 rings (SSSR count). The molecular formula is C13H12O3. The molecule has 1 aliphatic heterocycles. The van der Waals surface area contributed by atoms with E-state index in [1.807, 2.05) is 18.2 Å². The minimum absolute atomic E-state index is 0.201. The van der Waals surface area contributed by atoms with Gasteiger partial charge in [0.05, 0.1) is 13.7 Å². The van der Waals surface area contributed by atoms with Gasteiger partial charge in [0.25, 0.3) is 0 Å². The average Bonchev–Trinajstić information content (AvgIpc) is 2.69. The molecule has 3 heteroatoms. The minimum atomic E-state index is 0.201. The summed E-state index contributed by atoms with van der Waals surface area (Å²) in [7, 11) is 1.63. The van der Waals surface area contributed by atoms with Crippen molar-refractivity contribution in [2.75, 3.05) is 13.7 Å². The highest BCUT2D eigenvalue weighted by Crippen LogP contribution is 2.42. The summed E-state index contributed by atoms with van der Waals surface area (Å²) in [4.78, 5) is 11.4. The highest BCUT2D eigenvalue weighted by atomic mass is 16.5. The number of carbonyl (C=O) groups is 1. The first kappa shape index (κ1) is 9.46. The zero-order chi connectivity index (χ0) is 11.1. The molecule has 1 unspecified atom stereocenters. The Morgan fingerprint density at radius 1 is 1.44 bits per heavy atom. The van der Waals surface area contributed by atoms with E-state index in [-0.39, 0.29) is 11.7 Å². The molecule has 0 aromatic heterocycles. The van der Waals surface area contributed by atoms with E-state index in [4.69, 9.17) is 9.47 Å². The van der Waals surface area contributed by atoms with E-state index >= 15 is 0 Å². The quantitative estimate of drug-likeness (QED) is 0.720. The monoisotopic (exact) mass is 216 g/mol. The van der Waals surface area contributed by atoms with Gasteiger partial charge < -0.3 is 9.47 Å². The van der Waals surface area contributed by atoms with Gasteiger partial charge in [0.1, 0.15) is 11.5 Å². The number of benzene rings is 1. The fourth-order valence-corrected chi connectivity index (χ4v) is 2.33. The van der Waals surface area contributed by atoms with Crippen LogP contribution in [0.3, 0.4) is 0 Å². The van der Waals surface area contributed by atoms with Gasteiger partial charge in [0.15, 0.2) is 5.78 Å². The molecule has 0 fully saturated rings. The number of allylic oxidation sites excluding steroid dienone is 1. The second kappa shape index (κ2) is 3.37. The van der Waals surface area contributed by atoms with Crippen LogP contribution < -0.4 is 9.47 Å². The Hall–Kier alpha value is -1.77. The van der Waals surface area contributed by atoms with Crippen LogP contribution in [0.5, 0.6) is 11.5 Å². The molecule has 2 aliphatic rings. The Labute approximate surface area is 93.7 Å². The SMILES string of the molecule is COc1ccc2c(c1)OCC1CC(=O)C=C21. The van der Waals surface area contributed by atoms with Crippen LogP contribution in [0.15, 0.2) is 24.3 Å². The van der Waals surface area contributed by atoms with Crippen LogP contribution in [0, 0.1) is 5.92 Å². The smallest absolute Gasteiger partial charge is 0.156 e. The molecule has 0 amide bonds. The van der Waals surface area contributed by atoms with Gasteiger partial charge in [-0.15, -0.1) is 0 Å². The molecule has 0 N–H and O–H groups in total. The largest absolute Gasteiger partial charge is 0.497 e. The lowest BCUT2D eigenvalue weighted by Gasteiger charge is -2.24. The number of fused-ring (bicyclic) bond motifs is 3. The third-order valence-electron chi connectivity index (χ3n) is 3.14. The fraction of sp³-hybridized carbons (Fsp3) is 0.308. The minimum Gasteiger partial charge on any atom is -0.497 e. The second-order valence-corrected chi connectivity index (χ2v) is 4.14. The first-order valence-corrected chi connectivity index (χ1v) is 5.33. The van der Waals surface area contributed by atoms with Gasteiger partial charge in [-0.25, -0.2) is 0 Å². The van der Waals surface area contributed by atoms with Crippen molar-refractivity contribution in [1.29, 1.82) is 0 Å². The van der Waals surface area contributed by atoms with E-state index in [0.717, 1.165) is 22.6 Å². The summed E-state index contributed by atoms with van der Waals surface area (Å²) in [6, 6.07) is 5.73. The topological polar surface area (TPSA) is 35.5 Å². The van der Waals surface area contributed by atoms with E-state index < -0.39 is 0 Å². The lowest BCUT2D eigenvalue weighted by atomic mass is 9.92. The lowest BCUT2D eigenvalue weighted by Crippen LogP contribution is -2.17. The molecule has 0 bridgehead atoms. The molecule has 0 spiro atoms. The van der Waals surface area contributed by atoms with Gasteiger partial charge in [-0.1, -0.05) is 0 Å². The summed E-state index contributed by atoms with van der Waals surface area (Å²) >= 11 is 0. The molecule has 0 saturated heterocycles. The molecule has 16 heavy (non-hydrogen) atoms. The van der Waals surface area contributed by atoms with Gasteiger partial charge in [0.2, 0.25) is 0 Å².